The summed E-state index contributed by atoms with van der Waals surface area (Å²) in [5, 5.41) is 3.53. The van der Waals surface area contributed by atoms with Gasteiger partial charge < -0.3 is 14.8 Å². The van der Waals surface area contributed by atoms with Crippen molar-refractivity contribution in [3.05, 3.63) is 53.0 Å². The standard InChI is InChI=1S/C17H14F2N2O3S/c1-23-13-8-10(6-7-12(13)24-17(18)19)16(22)20-9-15-21-11-4-2-3-5-14(11)25-15/h2-8,17H,9H2,1H3,(H,20,22). The van der Waals surface area contributed by atoms with Crippen LogP contribution in [-0.2, 0) is 6.54 Å². The monoisotopic (exact) mass is 364 g/mol. The van der Waals surface area contributed by atoms with Crippen LogP contribution in [0.5, 0.6) is 11.5 Å². The molecule has 0 spiro atoms. The molecule has 1 amide bonds. The van der Waals surface area contributed by atoms with Crippen molar-refractivity contribution in [2.75, 3.05) is 7.11 Å². The minimum Gasteiger partial charge on any atom is -0.493 e. The number of nitrogens with one attached hydrogen (secondary N) is 1. The molecule has 0 fully saturated rings. The topological polar surface area (TPSA) is 60.5 Å². The number of carbonyl (C=O) groups excluding carboxylic acids is 1. The largest absolute Gasteiger partial charge is 0.493 e. The van der Waals surface area contributed by atoms with Crippen LogP contribution in [0.15, 0.2) is 42.5 Å². The second kappa shape index (κ2) is 7.43. The highest BCUT2D eigenvalue weighted by atomic mass is 32.1. The summed E-state index contributed by atoms with van der Waals surface area (Å²) < 4.78 is 35.0. The molecule has 0 unspecified atom stereocenters. The van der Waals surface area contributed by atoms with Crippen LogP contribution in [0.2, 0.25) is 0 Å². The number of rotatable bonds is 6. The van der Waals surface area contributed by atoms with Crippen molar-refractivity contribution in [3.63, 3.8) is 0 Å². The first kappa shape index (κ1) is 17.1. The molecule has 0 atom stereocenters. The van der Waals surface area contributed by atoms with Crippen LogP contribution in [0.4, 0.5) is 8.78 Å². The molecule has 3 aromatic rings. The number of aromatic nitrogens is 1. The van der Waals surface area contributed by atoms with E-state index < -0.39 is 6.61 Å². The summed E-state index contributed by atoms with van der Waals surface area (Å²) in [5.41, 5.74) is 1.16. The van der Waals surface area contributed by atoms with Gasteiger partial charge in [-0.1, -0.05) is 12.1 Å². The molecular formula is C17H14F2N2O3S. The molecule has 0 radical (unpaired) electrons. The zero-order chi connectivity index (χ0) is 17.8. The van der Waals surface area contributed by atoms with Gasteiger partial charge in [0.15, 0.2) is 11.5 Å². The number of amides is 1. The second-order valence-electron chi connectivity index (χ2n) is 5.00. The Balaban J connectivity index is 1.70. The average Bonchev–Trinajstić information content (AvgIpc) is 3.02. The third-order valence-corrected chi connectivity index (χ3v) is 4.42. The van der Waals surface area contributed by atoms with Crippen molar-refractivity contribution < 1.29 is 23.0 Å². The summed E-state index contributed by atoms with van der Waals surface area (Å²) >= 11 is 1.50. The number of para-hydroxylation sites is 1. The Morgan fingerprint density at radius 2 is 2.04 bits per heavy atom. The Morgan fingerprint density at radius 3 is 2.76 bits per heavy atom. The predicted molar refractivity (Wildman–Crippen MR) is 90.4 cm³/mol. The number of nitrogens with zero attached hydrogens (tertiary/aromatic N) is 1. The van der Waals surface area contributed by atoms with Gasteiger partial charge in [0.25, 0.3) is 5.91 Å². The number of ether oxygens (including phenoxy) is 2. The summed E-state index contributed by atoms with van der Waals surface area (Å²) in [6.07, 6.45) is 0. The molecule has 0 saturated heterocycles. The van der Waals surface area contributed by atoms with E-state index >= 15 is 0 Å². The maximum absolute atomic E-state index is 12.3. The van der Waals surface area contributed by atoms with Crippen LogP contribution in [0, 0.1) is 0 Å². The summed E-state index contributed by atoms with van der Waals surface area (Å²) in [7, 11) is 1.32. The SMILES string of the molecule is COc1cc(C(=O)NCc2nc3ccccc3s2)ccc1OC(F)F. The number of thiazole rings is 1. The minimum absolute atomic E-state index is 0.0629. The third-order valence-electron chi connectivity index (χ3n) is 3.38. The van der Waals surface area contributed by atoms with E-state index in [0.29, 0.717) is 0 Å². The summed E-state index contributed by atoms with van der Waals surface area (Å²) in [5.74, 6) is -0.422. The molecule has 2 aromatic carbocycles. The zero-order valence-electron chi connectivity index (χ0n) is 13.2. The molecule has 0 saturated carbocycles. The van der Waals surface area contributed by atoms with Crippen LogP contribution in [0.3, 0.4) is 0 Å². The fourth-order valence-corrected chi connectivity index (χ4v) is 3.16. The molecule has 0 aliphatic carbocycles. The molecular weight excluding hydrogens is 350 g/mol. The van der Waals surface area contributed by atoms with Crippen molar-refractivity contribution in [1.82, 2.24) is 10.3 Å². The fraction of sp³-hybridized carbons (Fsp3) is 0.176. The van der Waals surface area contributed by atoms with E-state index in [-0.39, 0.29) is 29.5 Å². The summed E-state index contributed by atoms with van der Waals surface area (Å²) in [6.45, 7) is -2.69. The van der Waals surface area contributed by atoms with Crippen LogP contribution < -0.4 is 14.8 Å². The van der Waals surface area contributed by atoms with E-state index in [2.05, 4.69) is 15.0 Å². The van der Waals surface area contributed by atoms with Crippen molar-refractivity contribution in [2.45, 2.75) is 13.2 Å². The third kappa shape index (κ3) is 4.03. The average molecular weight is 364 g/mol. The van der Waals surface area contributed by atoms with E-state index in [4.69, 9.17) is 4.74 Å². The molecule has 8 heteroatoms. The van der Waals surface area contributed by atoms with Gasteiger partial charge in [0.05, 0.1) is 23.9 Å². The van der Waals surface area contributed by atoms with Crippen molar-refractivity contribution in [1.29, 1.82) is 0 Å². The normalized spacial score (nSPS) is 10.9. The number of hydrogen-bond donors (Lipinski definition) is 1. The Kier molecular flexibility index (Phi) is 5.08. The molecule has 1 heterocycles. The highest BCUT2D eigenvalue weighted by Gasteiger charge is 2.14. The number of alkyl halides is 2. The highest BCUT2D eigenvalue weighted by Crippen LogP contribution is 2.29. The second-order valence-corrected chi connectivity index (χ2v) is 6.12. The molecule has 25 heavy (non-hydrogen) atoms. The highest BCUT2D eigenvalue weighted by molar-refractivity contribution is 7.18. The number of fused-ring (bicyclic) bond motifs is 1. The van der Waals surface area contributed by atoms with Gasteiger partial charge >= 0.3 is 6.61 Å². The lowest BCUT2D eigenvalue weighted by Gasteiger charge is -2.11. The maximum atomic E-state index is 12.3. The van der Waals surface area contributed by atoms with Gasteiger partial charge in [-0.2, -0.15) is 8.78 Å². The smallest absolute Gasteiger partial charge is 0.387 e. The van der Waals surface area contributed by atoms with E-state index in [0.717, 1.165) is 15.2 Å². The Morgan fingerprint density at radius 1 is 1.24 bits per heavy atom. The number of benzene rings is 2. The van der Waals surface area contributed by atoms with Crippen LogP contribution in [0.1, 0.15) is 15.4 Å². The van der Waals surface area contributed by atoms with Crippen LogP contribution in [-0.4, -0.2) is 24.6 Å². The molecule has 0 aliphatic rings. The van der Waals surface area contributed by atoms with Crippen molar-refractivity contribution in [3.8, 4) is 11.5 Å². The molecule has 0 aliphatic heterocycles. The molecule has 1 N–H and O–H groups in total. The van der Waals surface area contributed by atoms with E-state index in [9.17, 15) is 13.6 Å². The minimum atomic E-state index is -2.97. The number of methoxy groups -OCH3 is 1. The lowest BCUT2D eigenvalue weighted by molar-refractivity contribution is -0.0512. The van der Waals surface area contributed by atoms with Crippen LogP contribution in [0.25, 0.3) is 10.2 Å². The van der Waals surface area contributed by atoms with E-state index in [1.807, 2.05) is 24.3 Å². The van der Waals surface area contributed by atoms with Gasteiger partial charge in [-0.15, -0.1) is 11.3 Å². The summed E-state index contributed by atoms with van der Waals surface area (Å²) in [4.78, 5) is 16.7. The first-order valence-electron chi connectivity index (χ1n) is 7.32. The van der Waals surface area contributed by atoms with Gasteiger partial charge in [0, 0.05) is 5.56 Å². The Hall–Kier alpha value is -2.74. The van der Waals surface area contributed by atoms with E-state index in [1.54, 1.807) is 0 Å². The Labute approximate surface area is 146 Å². The first-order chi connectivity index (χ1) is 12.1. The number of carbonyl (C=O) groups is 1. The number of halogens is 2. The van der Waals surface area contributed by atoms with Crippen molar-refractivity contribution in [2.24, 2.45) is 0 Å². The molecule has 3 rings (SSSR count). The van der Waals surface area contributed by atoms with Gasteiger partial charge in [-0.3, -0.25) is 4.79 Å². The maximum Gasteiger partial charge on any atom is 0.387 e. The summed E-state index contributed by atoms with van der Waals surface area (Å²) in [6, 6.07) is 11.7. The molecule has 130 valence electrons. The Bertz CT molecular complexity index is 865. The van der Waals surface area contributed by atoms with Gasteiger partial charge in [-0.05, 0) is 30.3 Å². The molecule has 5 nitrogen and oxygen atoms in total. The fourth-order valence-electron chi connectivity index (χ4n) is 2.26. The zero-order valence-corrected chi connectivity index (χ0v) is 14.0. The predicted octanol–water partition coefficient (Wildman–Crippen LogP) is 3.84. The quantitative estimate of drug-likeness (QED) is 0.722. The lowest BCUT2D eigenvalue weighted by Crippen LogP contribution is -2.22. The molecule has 0 bridgehead atoms. The molecule has 1 aromatic heterocycles. The van der Waals surface area contributed by atoms with E-state index in [1.165, 1.54) is 36.6 Å². The number of hydrogen-bond acceptors (Lipinski definition) is 5. The van der Waals surface area contributed by atoms with Gasteiger partial charge in [0.2, 0.25) is 0 Å². The van der Waals surface area contributed by atoms with Crippen LogP contribution >= 0.6 is 11.3 Å². The van der Waals surface area contributed by atoms with Gasteiger partial charge in [0.1, 0.15) is 5.01 Å². The van der Waals surface area contributed by atoms with Crippen molar-refractivity contribution >= 4 is 27.5 Å². The van der Waals surface area contributed by atoms with Gasteiger partial charge in [-0.25, -0.2) is 4.98 Å². The lowest BCUT2D eigenvalue weighted by atomic mass is 10.2. The first-order valence-corrected chi connectivity index (χ1v) is 8.14.